The van der Waals surface area contributed by atoms with Gasteiger partial charge in [0.05, 0.1) is 4.47 Å². The number of hydrogen-bond donors (Lipinski definition) is 0. The number of carbonyl (C=O) groups is 1. The highest BCUT2D eigenvalue weighted by molar-refractivity contribution is 9.10. The quantitative estimate of drug-likeness (QED) is 0.815. The summed E-state index contributed by atoms with van der Waals surface area (Å²) in [6.45, 7) is 1.81. The first-order valence-corrected chi connectivity index (χ1v) is 5.04. The lowest BCUT2D eigenvalue weighted by atomic mass is 10.1. The molecule has 0 bridgehead atoms. The van der Waals surface area contributed by atoms with Crippen LogP contribution in [0.5, 0.6) is 11.5 Å². The third-order valence-corrected chi connectivity index (χ3v) is 2.87. The van der Waals surface area contributed by atoms with Gasteiger partial charge >= 0.3 is 0 Å². The van der Waals surface area contributed by atoms with Gasteiger partial charge in [-0.25, -0.2) is 0 Å². The molecule has 0 N–H and O–H groups in total. The van der Waals surface area contributed by atoms with Crippen molar-refractivity contribution < 1.29 is 14.3 Å². The number of Topliss-reactive ketones (excluding diaryl/α,β-unsaturated/α-hetero) is 1. The Kier molecular flexibility index (Phi) is 2.46. The smallest absolute Gasteiger partial charge is 0.231 e. The molecule has 0 atom stereocenters. The highest BCUT2D eigenvalue weighted by Crippen LogP contribution is 2.41. The summed E-state index contributed by atoms with van der Waals surface area (Å²) in [6.07, 6.45) is 0.414. The maximum atomic E-state index is 11.0. The lowest BCUT2D eigenvalue weighted by Gasteiger charge is -2.04. The minimum absolute atomic E-state index is 0.129. The van der Waals surface area contributed by atoms with Crippen LogP contribution in [-0.2, 0) is 11.2 Å². The van der Waals surface area contributed by atoms with Crippen LogP contribution in [0.15, 0.2) is 16.6 Å². The van der Waals surface area contributed by atoms with Gasteiger partial charge in [-0.15, -0.1) is 0 Å². The fourth-order valence-corrected chi connectivity index (χ4v) is 1.97. The molecule has 1 heterocycles. The van der Waals surface area contributed by atoms with Gasteiger partial charge in [-0.2, -0.15) is 0 Å². The number of carbonyl (C=O) groups excluding carboxylic acids is 1. The number of ether oxygens (including phenoxy) is 2. The van der Waals surface area contributed by atoms with Gasteiger partial charge in [-0.1, -0.05) is 6.07 Å². The monoisotopic (exact) mass is 256 g/mol. The second kappa shape index (κ2) is 3.61. The average molecular weight is 257 g/mol. The lowest BCUT2D eigenvalue weighted by Crippen LogP contribution is -1.97. The Labute approximate surface area is 90.1 Å². The van der Waals surface area contributed by atoms with Gasteiger partial charge in [0, 0.05) is 6.42 Å². The molecule has 74 valence electrons. The molecule has 4 heteroatoms. The second-order valence-corrected chi connectivity index (χ2v) is 3.94. The second-order valence-electron chi connectivity index (χ2n) is 3.15. The molecule has 1 aliphatic rings. The average Bonchev–Trinajstić information content (AvgIpc) is 2.57. The standard InChI is InChI=1S/C10H9BrO3/c1-6(12)4-7-2-3-8-10(9(7)11)14-5-13-8/h2-3H,4-5H2,1H3. The van der Waals surface area contributed by atoms with Crippen LogP contribution >= 0.6 is 15.9 Å². The molecule has 3 nitrogen and oxygen atoms in total. The first-order chi connectivity index (χ1) is 6.68. The highest BCUT2D eigenvalue weighted by Gasteiger charge is 2.19. The number of rotatable bonds is 2. The predicted molar refractivity (Wildman–Crippen MR) is 54.7 cm³/mol. The third kappa shape index (κ3) is 1.62. The Morgan fingerprint density at radius 2 is 2.29 bits per heavy atom. The van der Waals surface area contributed by atoms with Gasteiger partial charge in [0.2, 0.25) is 6.79 Å². The van der Waals surface area contributed by atoms with E-state index in [-0.39, 0.29) is 12.6 Å². The molecule has 1 aromatic carbocycles. The summed E-state index contributed by atoms with van der Waals surface area (Å²) in [7, 11) is 0. The molecule has 0 saturated heterocycles. The van der Waals surface area contributed by atoms with E-state index in [1.165, 1.54) is 0 Å². The summed E-state index contributed by atoms with van der Waals surface area (Å²) in [5, 5.41) is 0. The van der Waals surface area contributed by atoms with Crippen LogP contribution in [0.2, 0.25) is 0 Å². The number of benzene rings is 1. The minimum Gasteiger partial charge on any atom is -0.454 e. The summed E-state index contributed by atoms with van der Waals surface area (Å²) < 4.78 is 11.3. The maximum Gasteiger partial charge on any atom is 0.231 e. The molecule has 2 rings (SSSR count). The molecule has 0 radical (unpaired) electrons. The summed E-state index contributed by atoms with van der Waals surface area (Å²) >= 11 is 3.40. The third-order valence-electron chi connectivity index (χ3n) is 2.00. The summed E-state index contributed by atoms with van der Waals surface area (Å²) in [5.41, 5.74) is 0.932. The first-order valence-electron chi connectivity index (χ1n) is 4.25. The topological polar surface area (TPSA) is 35.5 Å². The van der Waals surface area contributed by atoms with Crippen molar-refractivity contribution >= 4 is 21.7 Å². The molecule has 0 unspecified atom stereocenters. The number of fused-ring (bicyclic) bond motifs is 1. The van der Waals surface area contributed by atoms with Crippen molar-refractivity contribution in [2.24, 2.45) is 0 Å². The van der Waals surface area contributed by atoms with E-state index in [1.54, 1.807) is 6.92 Å². The van der Waals surface area contributed by atoms with Crippen LogP contribution in [0.1, 0.15) is 12.5 Å². The highest BCUT2D eigenvalue weighted by atomic mass is 79.9. The van der Waals surface area contributed by atoms with Crippen molar-refractivity contribution in [2.45, 2.75) is 13.3 Å². The van der Waals surface area contributed by atoms with Crippen LogP contribution in [0.25, 0.3) is 0 Å². The molecule has 1 aromatic rings. The molecule has 0 aromatic heterocycles. The minimum atomic E-state index is 0.129. The fraction of sp³-hybridized carbons (Fsp3) is 0.300. The summed E-state index contributed by atoms with van der Waals surface area (Å²) in [5.74, 6) is 1.55. The Balaban J connectivity index is 2.39. The van der Waals surface area contributed by atoms with Gasteiger partial charge < -0.3 is 9.47 Å². The lowest BCUT2D eigenvalue weighted by molar-refractivity contribution is -0.116. The Morgan fingerprint density at radius 1 is 1.50 bits per heavy atom. The molecular weight excluding hydrogens is 248 g/mol. The van der Waals surface area contributed by atoms with Crippen LogP contribution < -0.4 is 9.47 Å². The number of hydrogen-bond acceptors (Lipinski definition) is 3. The molecule has 1 aliphatic heterocycles. The van der Waals surface area contributed by atoms with Gasteiger partial charge in [0.15, 0.2) is 11.5 Å². The van der Waals surface area contributed by atoms with Gasteiger partial charge in [0.25, 0.3) is 0 Å². The molecule has 14 heavy (non-hydrogen) atoms. The molecule has 0 aliphatic carbocycles. The Bertz CT molecular complexity index is 387. The Morgan fingerprint density at radius 3 is 3.00 bits per heavy atom. The van der Waals surface area contributed by atoms with Crippen LogP contribution in [0.3, 0.4) is 0 Å². The van der Waals surface area contributed by atoms with Crippen LogP contribution in [0.4, 0.5) is 0 Å². The van der Waals surface area contributed by atoms with Gasteiger partial charge in [0.1, 0.15) is 5.78 Å². The Hall–Kier alpha value is -1.03. The maximum absolute atomic E-state index is 11.0. The normalized spacial score (nSPS) is 13.0. The van der Waals surface area contributed by atoms with Crippen molar-refractivity contribution in [1.29, 1.82) is 0 Å². The van der Waals surface area contributed by atoms with E-state index in [0.717, 1.165) is 15.8 Å². The SMILES string of the molecule is CC(=O)Cc1ccc2c(c1Br)OCO2. The summed E-state index contributed by atoms with van der Waals surface area (Å²) in [6, 6.07) is 3.70. The van der Waals surface area contributed by atoms with Crippen molar-refractivity contribution in [2.75, 3.05) is 6.79 Å². The zero-order valence-corrected chi connectivity index (χ0v) is 9.26. The van der Waals surface area contributed by atoms with Crippen LogP contribution in [-0.4, -0.2) is 12.6 Å². The van der Waals surface area contributed by atoms with E-state index < -0.39 is 0 Å². The number of ketones is 1. The first kappa shape index (κ1) is 9.52. The van der Waals surface area contributed by atoms with Crippen molar-refractivity contribution in [3.05, 3.63) is 22.2 Å². The van der Waals surface area contributed by atoms with Crippen molar-refractivity contribution in [1.82, 2.24) is 0 Å². The van der Waals surface area contributed by atoms with E-state index in [1.807, 2.05) is 12.1 Å². The van der Waals surface area contributed by atoms with E-state index in [9.17, 15) is 4.79 Å². The summed E-state index contributed by atoms with van der Waals surface area (Å²) in [4.78, 5) is 11.0. The van der Waals surface area contributed by atoms with E-state index in [0.29, 0.717) is 12.2 Å². The molecule has 0 amide bonds. The number of halogens is 1. The van der Waals surface area contributed by atoms with E-state index in [2.05, 4.69) is 15.9 Å². The molecular formula is C10H9BrO3. The molecule has 0 fully saturated rings. The van der Waals surface area contributed by atoms with Crippen molar-refractivity contribution in [3.63, 3.8) is 0 Å². The zero-order chi connectivity index (χ0) is 10.1. The van der Waals surface area contributed by atoms with E-state index >= 15 is 0 Å². The largest absolute Gasteiger partial charge is 0.454 e. The molecule has 0 spiro atoms. The van der Waals surface area contributed by atoms with Crippen molar-refractivity contribution in [3.8, 4) is 11.5 Å². The molecule has 0 saturated carbocycles. The van der Waals surface area contributed by atoms with E-state index in [4.69, 9.17) is 9.47 Å². The zero-order valence-electron chi connectivity index (χ0n) is 7.67. The van der Waals surface area contributed by atoms with Gasteiger partial charge in [-0.3, -0.25) is 4.79 Å². The fourth-order valence-electron chi connectivity index (χ4n) is 1.38. The predicted octanol–water partition coefficient (Wildman–Crippen LogP) is 2.31. The van der Waals surface area contributed by atoms with Crippen LogP contribution in [0, 0.1) is 0 Å². The van der Waals surface area contributed by atoms with Gasteiger partial charge in [-0.05, 0) is 34.5 Å².